The molecule has 2 aromatic heterocycles. The fraction of sp³-hybridized carbons (Fsp3) is 0.243. The molecular formula is C37H34N4O. The smallest absolute Gasteiger partial charge is 0.248 e. The zero-order valence-electron chi connectivity index (χ0n) is 23.8. The molecular weight excluding hydrogens is 516 g/mol. The van der Waals surface area contributed by atoms with Crippen molar-refractivity contribution in [2.75, 3.05) is 7.05 Å². The highest BCUT2D eigenvalue weighted by Crippen LogP contribution is 2.41. The van der Waals surface area contributed by atoms with E-state index in [1.165, 1.54) is 36.5 Å². The Labute approximate surface area is 245 Å². The Balaban J connectivity index is 1.28. The monoisotopic (exact) mass is 550 g/mol. The molecule has 2 aliphatic rings. The van der Waals surface area contributed by atoms with Gasteiger partial charge >= 0.3 is 0 Å². The van der Waals surface area contributed by atoms with E-state index < -0.39 is 0 Å². The molecule has 2 N–H and O–H groups in total. The molecule has 2 bridgehead atoms. The number of hydrogen-bond donors (Lipinski definition) is 1. The highest BCUT2D eigenvalue weighted by Gasteiger charge is 2.38. The summed E-state index contributed by atoms with van der Waals surface area (Å²) in [5.41, 5.74) is 14.2. The largest absolute Gasteiger partial charge is 0.366 e. The van der Waals surface area contributed by atoms with Gasteiger partial charge in [-0.15, -0.1) is 0 Å². The van der Waals surface area contributed by atoms with E-state index >= 15 is 0 Å². The van der Waals surface area contributed by atoms with Crippen molar-refractivity contribution >= 4 is 38.6 Å². The number of aromatic nitrogens is 2. The third kappa shape index (κ3) is 4.03. The van der Waals surface area contributed by atoms with Gasteiger partial charge in [-0.05, 0) is 98.7 Å². The summed E-state index contributed by atoms with van der Waals surface area (Å²) in [6.07, 6.45) is 7.82. The van der Waals surface area contributed by atoms with Crippen LogP contribution in [-0.4, -0.2) is 39.5 Å². The van der Waals surface area contributed by atoms with E-state index in [0.29, 0.717) is 23.6 Å². The van der Waals surface area contributed by atoms with Crippen LogP contribution in [0.4, 0.5) is 0 Å². The van der Waals surface area contributed by atoms with Gasteiger partial charge in [0.15, 0.2) is 0 Å². The number of para-hydroxylation sites is 2. The lowest BCUT2D eigenvalue weighted by molar-refractivity contribution is 0.0998. The molecule has 4 heterocycles. The number of nitrogens with two attached hydrogens (primary N) is 1. The maximum atomic E-state index is 12.6. The molecule has 5 nitrogen and oxygen atoms in total. The van der Waals surface area contributed by atoms with Crippen LogP contribution in [0.5, 0.6) is 0 Å². The van der Waals surface area contributed by atoms with Gasteiger partial charge in [0.25, 0.3) is 0 Å². The number of piperidine rings is 1. The number of pyridine rings is 1. The Hall–Kier alpha value is -4.48. The van der Waals surface area contributed by atoms with Crippen molar-refractivity contribution in [3.8, 4) is 16.8 Å². The molecule has 2 fully saturated rings. The first-order chi connectivity index (χ1) is 20.5. The number of carbonyl (C=O) groups excluding carboxylic acids is 1. The number of fused-ring (bicyclic) bond motifs is 6. The molecule has 42 heavy (non-hydrogen) atoms. The summed E-state index contributed by atoms with van der Waals surface area (Å²) < 4.78 is 2.34. The van der Waals surface area contributed by atoms with Crippen molar-refractivity contribution in [1.29, 1.82) is 0 Å². The molecule has 6 aromatic rings. The van der Waals surface area contributed by atoms with Crippen LogP contribution in [0.25, 0.3) is 49.5 Å². The Morgan fingerprint density at radius 1 is 0.881 bits per heavy atom. The highest BCUT2D eigenvalue weighted by atomic mass is 16.1. The molecule has 8 rings (SSSR count). The Kier molecular flexibility index (Phi) is 5.90. The molecule has 2 aliphatic heterocycles. The number of nitrogens with zero attached hydrogens (tertiary/aromatic N) is 3. The SMILES string of the molecule is CN1C2CCC1CC(Cc1cc(-n3c4ccccc4c4c(-c5cnc6ccccc6c5)cccc43)ccc1C(N)=O)C2. The van der Waals surface area contributed by atoms with Gasteiger partial charge in [0, 0.05) is 51.3 Å². The molecule has 4 aromatic carbocycles. The molecule has 0 spiro atoms. The lowest BCUT2D eigenvalue weighted by Gasteiger charge is -2.36. The minimum absolute atomic E-state index is 0.347. The highest BCUT2D eigenvalue weighted by molar-refractivity contribution is 6.16. The van der Waals surface area contributed by atoms with Gasteiger partial charge < -0.3 is 15.2 Å². The molecule has 208 valence electrons. The van der Waals surface area contributed by atoms with Gasteiger partial charge in [-0.3, -0.25) is 9.78 Å². The second-order valence-electron chi connectivity index (χ2n) is 12.3. The van der Waals surface area contributed by atoms with Crippen molar-refractivity contribution in [3.05, 3.63) is 108 Å². The maximum Gasteiger partial charge on any atom is 0.248 e. The number of hydrogen-bond acceptors (Lipinski definition) is 3. The standard InChI is InChI=1S/C37H34N4O/c1-40-27-13-14-28(40)19-23(18-27)17-25-21-29(15-16-31(25)37(38)42)41-34-11-5-3-8-32(34)36-30(9-6-12-35(36)41)26-20-24-7-2-4-10-33(24)39-22-26/h2-12,15-16,20-23,27-28H,13-14,17-19H2,1H3,(H2,38,42). The lowest BCUT2D eigenvalue weighted by atomic mass is 9.84. The summed E-state index contributed by atoms with van der Waals surface area (Å²) in [6, 6.07) is 33.2. The number of carbonyl (C=O) groups is 1. The second-order valence-corrected chi connectivity index (χ2v) is 12.3. The summed E-state index contributed by atoms with van der Waals surface area (Å²) in [5, 5.41) is 3.53. The Bertz CT molecular complexity index is 1990. The number of primary amides is 1. The average molecular weight is 551 g/mol. The minimum Gasteiger partial charge on any atom is -0.366 e. The van der Waals surface area contributed by atoms with Crippen LogP contribution in [0.1, 0.15) is 41.6 Å². The van der Waals surface area contributed by atoms with Crippen molar-refractivity contribution in [2.45, 2.75) is 44.2 Å². The van der Waals surface area contributed by atoms with Gasteiger partial charge in [-0.25, -0.2) is 0 Å². The van der Waals surface area contributed by atoms with Gasteiger partial charge in [0.1, 0.15) is 0 Å². The molecule has 0 radical (unpaired) electrons. The van der Waals surface area contributed by atoms with Crippen molar-refractivity contribution in [1.82, 2.24) is 14.5 Å². The van der Waals surface area contributed by atoms with Crippen molar-refractivity contribution in [2.24, 2.45) is 11.7 Å². The van der Waals surface area contributed by atoms with E-state index in [2.05, 4.69) is 95.4 Å². The number of rotatable bonds is 5. The fourth-order valence-electron chi connectivity index (χ4n) is 7.89. The van der Waals surface area contributed by atoms with E-state index in [9.17, 15) is 4.79 Å². The fourth-order valence-corrected chi connectivity index (χ4v) is 7.89. The Morgan fingerprint density at radius 3 is 2.48 bits per heavy atom. The van der Waals surface area contributed by atoms with Gasteiger partial charge in [0.2, 0.25) is 5.91 Å². The topological polar surface area (TPSA) is 64.2 Å². The predicted octanol–water partition coefficient (Wildman–Crippen LogP) is 7.51. The first-order valence-electron chi connectivity index (χ1n) is 15.1. The third-order valence-corrected chi connectivity index (χ3v) is 9.92. The van der Waals surface area contributed by atoms with E-state index in [0.717, 1.165) is 50.7 Å². The van der Waals surface area contributed by atoms with E-state index in [4.69, 9.17) is 10.7 Å². The van der Waals surface area contributed by atoms with Crippen LogP contribution in [0, 0.1) is 5.92 Å². The van der Waals surface area contributed by atoms with E-state index in [1.54, 1.807) is 0 Å². The van der Waals surface area contributed by atoms with Crippen LogP contribution >= 0.6 is 0 Å². The lowest BCUT2D eigenvalue weighted by Crippen LogP contribution is -2.40. The Morgan fingerprint density at radius 2 is 1.64 bits per heavy atom. The van der Waals surface area contributed by atoms with Crippen LogP contribution in [0.2, 0.25) is 0 Å². The quantitative estimate of drug-likeness (QED) is 0.242. The molecule has 0 saturated carbocycles. The maximum absolute atomic E-state index is 12.6. The number of amides is 1. The zero-order chi connectivity index (χ0) is 28.4. The zero-order valence-corrected chi connectivity index (χ0v) is 23.8. The number of benzene rings is 4. The second kappa shape index (κ2) is 9.81. The average Bonchev–Trinajstić information content (AvgIpc) is 3.44. The van der Waals surface area contributed by atoms with Gasteiger partial charge in [-0.2, -0.15) is 0 Å². The molecule has 5 heteroatoms. The molecule has 2 saturated heterocycles. The molecule has 1 amide bonds. The van der Waals surface area contributed by atoms with Crippen molar-refractivity contribution in [3.63, 3.8) is 0 Å². The summed E-state index contributed by atoms with van der Waals surface area (Å²) in [6.45, 7) is 0. The molecule has 0 aliphatic carbocycles. The van der Waals surface area contributed by atoms with E-state index in [-0.39, 0.29) is 5.91 Å². The van der Waals surface area contributed by atoms with Gasteiger partial charge in [-0.1, -0.05) is 48.5 Å². The van der Waals surface area contributed by atoms with E-state index in [1.807, 2.05) is 18.3 Å². The first kappa shape index (κ1) is 25.2. The normalized spacial score (nSPS) is 20.5. The van der Waals surface area contributed by atoms with Crippen LogP contribution in [0.15, 0.2) is 97.2 Å². The molecule has 2 unspecified atom stereocenters. The first-order valence-corrected chi connectivity index (χ1v) is 15.1. The molecule has 2 atom stereocenters. The van der Waals surface area contributed by atoms with Crippen LogP contribution in [0.3, 0.4) is 0 Å². The third-order valence-electron chi connectivity index (χ3n) is 9.92. The van der Waals surface area contributed by atoms with Crippen molar-refractivity contribution < 1.29 is 4.79 Å². The van der Waals surface area contributed by atoms with Crippen LogP contribution in [-0.2, 0) is 6.42 Å². The summed E-state index contributed by atoms with van der Waals surface area (Å²) in [7, 11) is 2.28. The summed E-state index contributed by atoms with van der Waals surface area (Å²) in [4.78, 5) is 19.9. The minimum atomic E-state index is -0.347. The summed E-state index contributed by atoms with van der Waals surface area (Å²) >= 11 is 0. The predicted molar refractivity (Wildman–Crippen MR) is 171 cm³/mol. The van der Waals surface area contributed by atoms with Gasteiger partial charge in [0.05, 0.1) is 16.6 Å². The van der Waals surface area contributed by atoms with Crippen LogP contribution < -0.4 is 5.73 Å². The summed E-state index contributed by atoms with van der Waals surface area (Å²) in [5.74, 6) is 0.220.